The molecule has 1 aliphatic carbocycles. The number of aromatic nitrogens is 1. The second-order valence-corrected chi connectivity index (χ2v) is 6.40. The topological polar surface area (TPSA) is 63.7 Å². The fraction of sp³-hybridized carbons (Fsp3) is 0.714. The van der Waals surface area contributed by atoms with Crippen LogP contribution in [0.1, 0.15) is 18.5 Å². The molecule has 1 N–H and O–H groups in total. The quantitative estimate of drug-likeness (QED) is 0.823. The van der Waals surface area contributed by atoms with Crippen molar-refractivity contribution in [2.45, 2.75) is 19.4 Å². The monoisotopic (exact) mass is 311 g/mol. The minimum Gasteiger partial charge on any atom is -0.379 e. The maximum absolute atomic E-state index is 11.7. The van der Waals surface area contributed by atoms with Gasteiger partial charge in [-0.25, -0.2) is 4.98 Å². The second-order valence-electron chi connectivity index (χ2n) is 5.54. The van der Waals surface area contributed by atoms with Crippen LogP contribution in [0.15, 0.2) is 5.38 Å². The van der Waals surface area contributed by atoms with Gasteiger partial charge in [0.05, 0.1) is 25.5 Å². The molecule has 1 aliphatic heterocycles. The highest BCUT2D eigenvalue weighted by Gasteiger charge is 2.21. The predicted octanol–water partition coefficient (Wildman–Crippen LogP) is 1.34. The summed E-state index contributed by atoms with van der Waals surface area (Å²) in [6, 6.07) is 0. The summed E-state index contributed by atoms with van der Waals surface area (Å²) >= 11 is 1.46. The van der Waals surface area contributed by atoms with Gasteiger partial charge in [-0.05, 0) is 18.8 Å². The highest BCUT2D eigenvalue weighted by molar-refractivity contribution is 7.13. The van der Waals surface area contributed by atoms with E-state index in [-0.39, 0.29) is 12.5 Å². The maximum atomic E-state index is 11.7. The Morgan fingerprint density at radius 2 is 2.29 bits per heavy atom. The molecule has 1 saturated carbocycles. The summed E-state index contributed by atoms with van der Waals surface area (Å²) in [6.07, 6.45) is 2.47. The molecule has 116 valence electrons. The number of hydrogen-bond acceptors (Lipinski definition) is 6. The lowest BCUT2D eigenvalue weighted by molar-refractivity contribution is -0.120. The third-order valence-corrected chi connectivity index (χ3v) is 4.38. The van der Waals surface area contributed by atoms with E-state index in [1.54, 1.807) is 0 Å². The molecule has 2 heterocycles. The molecule has 0 spiro atoms. The van der Waals surface area contributed by atoms with Crippen molar-refractivity contribution in [2.75, 3.05) is 44.8 Å². The van der Waals surface area contributed by atoms with E-state index in [1.807, 2.05) is 5.38 Å². The molecular formula is C14H21N3O3S. The van der Waals surface area contributed by atoms with Crippen LogP contribution in [0.25, 0.3) is 0 Å². The van der Waals surface area contributed by atoms with Gasteiger partial charge in [0.1, 0.15) is 6.61 Å². The molecule has 0 unspecified atom stereocenters. The van der Waals surface area contributed by atoms with Crippen LogP contribution in [-0.4, -0.2) is 55.3 Å². The molecule has 2 fully saturated rings. The number of carbonyl (C=O) groups excluding carboxylic acids is 1. The zero-order chi connectivity index (χ0) is 14.5. The molecule has 21 heavy (non-hydrogen) atoms. The molecule has 6 nitrogen and oxygen atoms in total. The standard InChI is InChI=1S/C14H21N3O3S/c18-13(9-20-8-11-1-2-11)16-14-15-12(10-21-14)7-17-3-5-19-6-4-17/h10-11H,1-9H2,(H,15,16,18). The van der Waals surface area contributed by atoms with Crippen molar-refractivity contribution in [2.24, 2.45) is 5.92 Å². The van der Waals surface area contributed by atoms with Crippen molar-refractivity contribution in [3.05, 3.63) is 11.1 Å². The minimum absolute atomic E-state index is 0.120. The third kappa shape index (κ3) is 5.03. The van der Waals surface area contributed by atoms with Crippen LogP contribution < -0.4 is 5.32 Å². The number of anilines is 1. The molecule has 2 aliphatic rings. The first-order valence-corrected chi connectivity index (χ1v) is 8.29. The fourth-order valence-corrected chi connectivity index (χ4v) is 2.90. The summed E-state index contributed by atoms with van der Waals surface area (Å²) in [6.45, 7) is 5.08. The second kappa shape index (κ2) is 7.31. The van der Waals surface area contributed by atoms with Crippen LogP contribution >= 0.6 is 11.3 Å². The van der Waals surface area contributed by atoms with Gasteiger partial charge in [-0.15, -0.1) is 11.3 Å². The molecule has 3 rings (SSSR count). The highest BCUT2D eigenvalue weighted by Crippen LogP contribution is 2.28. The lowest BCUT2D eigenvalue weighted by atomic mass is 10.4. The molecule has 1 aromatic heterocycles. The number of nitrogens with one attached hydrogen (secondary N) is 1. The Labute approximate surface area is 128 Å². The molecule has 0 radical (unpaired) electrons. The lowest BCUT2D eigenvalue weighted by Gasteiger charge is -2.25. The van der Waals surface area contributed by atoms with E-state index in [9.17, 15) is 4.79 Å². The van der Waals surface area contributed by atoms with Crippen molar-refractivity contribution in [1.29, 1.82) is 0 Å². The van der Waals surface area contributed by atoms with Crippen molar-refractivity contribution >= 4 is 22.4 Å². The smallest absolute Gasteiger partial charge is 0.252 e. The number of nitrogens with zero attached hydrogens (tertiary/aromatic N) is 2. The zero-order valence-corrected chi connectivity index (χ0v) is 12.9. The van der Waals surface area contributed by atoms with Crippen LogP contribution in [0.4, 0.5) is 5.13 Å². The van der Waals surface area contributed by atoms with Crippen LogP contribution in [0.5, 0.6) is 0 Å². The summed E-state index contributed by atoms with van der Waals surface area (Å²) in [5.74, 6) is 0.556. The van der Waals surface area contributed by atoms with Gasteiger partial charge in [-0.2, -0.15) is 0 Å². The van der Waals surface area contributed by atoms with E-state index < -0.39 is 0 Å². The Hall–Kier alpha value is -1.02. The van der Waals surface area contributed by atoms with E-state index in [1.165, 1.54) is 24.2 Å². The third-order valence-electron chi connectivity index (χ3n) is 3.57. The van der Waals surface area contributed by atoms with E-state index in [0.717, 1.165) is 38.5 Å². The number of amides is 1. The average Bonchev–Trinajstić information content (AvgIpc) is 3.21. The first-order chi connectivity index (χ1) is 10.3. The number of rotatable bonds is 7. The molecule has 7 heteroatoms. The highest BCUT2D eigenvalue weighted by atomic mass is 32.1. The maximum Gasteiger partial charge on any atom is 0.252 e. The normalized spacial score (nSPS) is 19.6. The predicted molar refractivity (Wildman–Crippen MR) is 80.4 cm³/mol. The van der Waals surface area contributed by atoms with Crippen LogP contribution in [-0.2, 0) is 20.8 Å². The van der Waals surface area contributed by atoms with E-state index in [4.69, 9.17) is 9.47 Å². The van der Waals surface area contributed by atoms with Crippen molar-refractivity contribution < 1.29 is 14.3 Å². The van der Waals surface area contributed by atoms with Crippen molar-refractivity contribution in [1.82, 2.24) is 9.88 Å². The summed E-state index contributed by atoms with van der Waals surface area (Å²) in [7, 11) is 0. The number of morpholine rings is 1. The summed E-state index contributed by atoms with van der Waals surface area (Å²) in [4.78, 5) is 18.5. The zero-order valence-electron chi connectivity index (χ0n) is 12.0. The van der Waals surface area contributed by atoms with Gasteiger partial charge in [0.15, 0.2) is 5.13 Å². The number of hydrogen-bond donors (Lipinski definition) is 1. The Bertz CT molecular complexity index is 470. The largest absolute Gasteiger partial charge is 0.379 e. The summed E-state index contributed by atoms with van der Waals surface area (Å²) < 4.78 is 10.7. The average molecular weight is 311 g/mol. The van der Waals surface area contributed by atoms with Gasteiger partial charge in [0, 0.05) is 25.0 Å². The van der Waals surface area contributed by atoms with E-state index in [0.29, 0.717) is 17.7 Å². The van der Waals surface area contributed by atoms with Gasteiger partial charge >= 0.3 is 0 Å². The summed E-state index contributed by atoms with van der Waals surface area (Å²) in [5.41, 5.74) is 0.996. The van der Waals surface area contributed by atoms with Crippen LogP contribution in [0, 0.1) is 5.92 Å². The first-order valence-electron chi connectivity index (χ1n) is 7.42. The van der Waals surface area contributed by atoms with Gasteiger partial charge in [-0.1, -0.05) is 0 Å². The molecule has 0 aromatic carbocycles. The SMILES string of the molecule is O=C(COCC1CC1)Nc1nc(CN2CCOCC2)cs1. The number of thiazole rings is 1. The molecule has 1 aromatic rings. The van der Waals surface area contributed by atoms with Crippen molar-refractivity contribution in [3.63, 3.8) is 0 Å². The van der Waals surface area contributed by atoms with Gasteiger partial charge in [-0.3, -0.25) is 15.0 Å². The van der Waals surface area contributed by atoms with Crippen LogP contribution in [0.3, 0.4) is 0 Å². The molecular weight excluding hydrogens is 290 g/mol. The minimum atomic E-state index is -0.122. The summed E-state index contributed by atoms with van der Waals surface area (Å²) in [5, 5.41) is 5.44. The lowest BCUT2D eigenvalue weighted by Crippen LogP contribution is -2.35. The van der Waals surface area contributed by atoms with Gasteiger partial charge in [0.2, 0.25) is 0 Å². The van der Waals surface area contributed by atoms with Crippen molar-refractivity contribution in [3.8, 4) is 0 Å². The molecule has 0 atom stereocenters. The Morgan fingerprint density at radius 1 is 1.48 bits per heavy atom. The van der Waals surface area contributed by atoms with Gasteiger partial charge < -0.3 is 9.47 Å². The molecule has 0 bridgehead atoms. The Morgan fingerprint density at radius 3 is 3.05 bits per heavy atom. The van der Waals surface area contributed by atoms with Crippen LogP contribution in [0.2, 0.25) is 0 Å². The van der Waals surface area contributed by atoms with E-state index in [2.05, 4.69) is 15.2 Å². The number of carbonyl (C=O) groups is 1. The Balaban J connectivity index is 1.39. The van der Waals surface area contributed by atoms with Gasteiger partial charge in [0.25, 0.3) is 5.91 Å². The van der Waals surface area contributed by atoms with E-state index >= 15 is 0 Å². The molecule has 1 amide bonds. The fourth-order valence-electron chi connectivity index (χ4n) is 2.18. The first kappa shape index (κ1) is 14.9. The Kier molecular flexibility index (Phi) is 5.18. The number of ether oxygens (including phenoxy) is 2. The molecule has 1 saturated heterocycles.